The standard InChI is InChI=1S/C18H27NO5/c1-23-10-8-18(14-20)7-2-9-19(13-18)11-15-3-5-16(6-4-15)24-12-17(21)22/h3-6,20H,2,7-14H2,1H3,(H,21,22)/t18-/m0/s1. The van der Waals surface area contributed by atoms with Crippen LogP contribution < -0.4 is 4.74 Å². The van der Waals surface area contributed by atoms with Gasteiger partial charge < -0.3 is 19.7 Å². The van der Waals surface area contributed by atoms with Gasteiger partial charge in [-0.25, -0.2) is 4.79 Å². The molecule has 1 fully saturated rings. The Balaban J connectivity index is 1.91. The second kappa shape index (κ2) is 9.01. The first-order chi connectivity index (χ1) is 11.6. The SMILES string of the molecule is COCC[C@@]1(CO)CCCN(Cc2ccc(OCC(=O)O)cc2)C1. The molecule has 0 amide bonds. The van der Waals surface area contributed by atoms with Gasteiger partial charge in [0.25, 0.3) is 0 Å². The average Bonchev–Trinajstić information content (AvgIpc) is 2.59. The first-order valence-corrected chi connectivity index (χ1v) is 8.33. The molecule has 0 spiro atoms. The third kappa shape index (κ3) is 5.47. The normalized spacial score (nSPS) is 21.6. The van der Waals surface area contributed by atoms with Gasteiger partial charge in [-0.05, 0) is 43.5 Å². The van der Waals surface area contributed by atoms with Crippen molar-refractivity contribution < 1.29 is 24.5 Å². The summed E-state index contributed by atoms with van der Waals surface area (Å²) in [6, 6.07) is 7.52. The Morgan fingerprint density at radius 1 is 1.33 bits per heavy atom. The Kier molecular flexibility index (Phi) is 7.02. The van der Waals surface area contributed by atoms with Gasteiger partial charge in [-0.2, -0.15) is 0 Å². The summed E-state index contributed by atoms with van der Waals surface area (Å²) in [4.78, 5) is 12.9. The van der Waals surface area contributed by atoms with E-state index in [2.05, 4.69) is 4.90 Å². The Morgan fingerprint density at radius 2 is 2.08 bits per heavy atom. The van der Waals surface area contributed by atoms with Gasteiger partial charge in [0.2, 0.25) is 0 Å². The maximum Gasteiger partial charge on any atom is 0.341 e. The lowest BCUT2D eigenvalue weighted by atomic mass is 9.78. The number of carboxylic acids is 1. The number of hydrogen-bond acceptors (Lipinski definition) is 5. The lowest BCUT2D eigenvalue weighted by molar-refractivity contribution is -0.139. The van der Waals surface area contributed by atoms with Gasteiger partial charge in [0, 0.05) is 32.2 Å². The lowest BCUT2D eigenvalue weighted by Gasteiger charge is -2.42. The molecule has 0 aromatic heterocycles. The Bertz CT molecular complexity index is 519. The van der Waals surface area contributed by atoms with Crippen LogP contribution in [-0.4, -0.2) is 61.1 Å². The van der Waals surface area contributed by atoms with E-state index >= 15 is 0 Å². The molecule has 0 radical (unpaired) electrons. The molecule has 24 heavy (non-hydrogen) atoms. The summed E-state index contributed by atoms with van der Waals surface area (Å²) in [6.45, 7) is 3.23. The number of ether oxygens (including phenoxy) is 2. The van der Waals surface area contributed by atoms with Gasteiger partial charge in [-0.15, -0.1) is 0 Å². The first-order valence-electron chi connectivity index (χ1n) is 8.33. The van der Waals surface area contributed by atoms with Crippen molar-refractivity contribution in [3.05, 3.63) is 29.8 Å². The molecular formula is C18H27NO5. The van der Waals surface area contributed by atoms with Crippen molar-refractivity contribution >= 4 is 5.97 Å². The number of methoxy groups -OCH3 is 1. The van der Waals surface area contributed by atoms with Crippen molar-refractivity contribution in [1.82, 2.24) is 4.90 Å². The minimum Gasteiger partial charge on any atom is -0.482 e. The molecule has 0 saturated carbocycles. The number of carboxylic acid groups (broad SMARTS) is 1. The van der Waals surface area contributed by atoms with Crippen molar-refractivity contribution in [3.63, 3.8) is 0 Å². The monoisotopic (exact) mass is 337 g/mol. The molecule has 1 saturated heterocycles. The number of likely N-dealkylation sites (tertiary alicyclic amines) is 1. The maximum atomic E-state index is 10.5. The molecule has 0 unspecified atom stereocenters. The van der Waals surface area contributed by atoms with Crippen LogP contribution >= 0.6 is 0 Å². The van der Waals surface area contributed by atoms with E-state index in [0.29, 0.717) is 12.4 Å². The van der Waals surface area contributed by atoms with Gasteiger partial charge in [0.05, 0.1) is 6.61 Å². The van der Waals surface area contributed by atoms with E-state index in [1.807, 2.05) is 12.1 Å². The van der Waals surface area contributed by atoms with E-state index in [9.17, 15) is 9.90 Å². The molecule has 2 N–H and O–H groups in total. The van der Waals surface area contributed by atoms with Crippen LogP contribution in [0.5, 0.6) is 5.75 Å². The fraction of sp³-hybridized carbons (Fsp3) is 0.611. The highest BCUT2D eigenvalue weighted by atomic mass is 16.5. The van der Waals surface area contributed by atoms with Crippen LogP contribution in [0.25, 0.3) is 0 Å². The lowest BCUT2D eigenvalue weighted by Crippen LogP contribution is -2.45. The van der Waals surface area contributed by atoms with E-state index in [-0.39, 0.29) is 18.6 Å². The molecular weight excluding hydrogens is 310 g/mol. The maximum absolute atomic E-state index is 10.5. The number of carbonyl (C=O) groups is 1. The average molecular weight is 337 g/mol. The number of aliphatic hydroxyl groups is 1. The number of rotatable bonds is 9. The van der Waals surface area contributed by atoms with Crippen molar-refractivity contribution in [2.75, 3.05) is 40.0 Å². The summed E-state index contributed by atoms with van der Waals surface area (Å²) >= 11 is 0. The molecule has 6 heteroatoms. The highest BCUT2D eigenvalue weighted by Gasteiger charge is 2.34. The number of benzene rings is 1. The van der Waals surface area contributed by atoms with Gasteiger partial charge in [0.1, 0.15) is 5.75 Å². The highest BCUT2D eigenvalue weighted by molar-refractivity contribution is 5.68. The largest absolute Gasteiger partial charge is 0.482 e. The van der Waals surface area contributed by atoms with Crippen LogP contribution in [0, 0.1) is 5.41 Å². The van der Waals surface area contributed by atoms with Crippen LogP contribution in [0.15, 0.2) is 24.3 Å². The Labute approximate surface area is 143 Å². The number of aliphatic hydroxyl groups excluding tert-OH is 1. The molecule has 0 bridgehead atoms. The summed E-state index contributed by atoms with van der Waals surface area (Å²) in [7, 11) is 1.69. The Morgan fingerprint density at radius 3 is 2.71 bits per heavy atom. The van der Waals surface area contributed by atoms with Crippen LogP contribution in [-0.2, 0) is 16.1 Å². The number of nitrogens with zero attached hydrogens (tertiary/aromatic N) is 1. The smallest absolute Gasteiger partial charge is 0.341 e. The van der Waals surface area contributed by atoms with Crippen molar-refractivity contribution in [3.8, 4) is 5.75 Å². The van der Waals surface area contributed by atoms with Crippen LogP contribution in [0.2, 0.25) is 0 Å². The van der Waals surface area contributed by atoms with Gasteiger partial charge in [-0.3, -0.25) is 4.90 Å². The second-order valence-corrected chi connectivity index (χ2v) is 6.54. The number of aliphatic carboxylic acids is 1. The minimum absolute atomic E-state index is 0.0706. The molecule has 1 aromatic carbocycles. The van der Waals surface area contributed by atoms with Gasteiger partial charge >= 0.3 is 5.97 Å². The molecule has 134 valence electrons. The zero-order chi connectivity index (χ0) is 17.4. The van der Waals surface area contributed by atoms with Gasteiger partial charge in [0.15, 0.2) is 6.61 Å². The molecule has 0 aliphatic carbocycles. The third-order valence-electron chi connectivity index (χ3n) is 4.60. The fourth-order valence-corrected chi connectivity index (χ4v) is 3.27. The number of piperidine rings is 1. The molecule has 1 aliphatic heterocycles. The third-order valence-corrected chi connectivity index (χ3v) is 4.60. The van der Waals surface area contributed by atoms with Gasteiger partial charge in [-0.1, -0.05) is 12.1 Å². The Hall–Kier alpha value is -1.63. The van der Waals surface area contributed by atoms with Crippen LogP contribution in [0.3, 0.4) is 0 Å². The zero-order valence-electron chi connectivity index (χ0n) is 14.2. The van der Waals surface area contributed by atoms with E-state index in [0.717, 1.165) is 44.5 Å². The van der Waals surface area contributed by atoms with E-state index in [4.69, 9.17) is 14.6 Å². The summed E-state index contributed by atoms with van der Waals surface area (Å²) in [5, 5.41) is 18.5. The van der Waals surface area contributed by atoms with Crippen molar-refractivity contribution in [1.29, 1.82) is 0 Å². The molecule has 1 atom stereocenters. The quantitative estimate of drug-likeness (QED) is 0.715. The predicted molar refractivity (Wildman–Crippen MR) is 90.1 cm³/mol. The number of hydrogen-bond donors (Lipinski definition) is 2. The molecule has 1 aromatic rings. The fourth-order valence-electron chi connectivity index (χ4n) is 3.27. The van der Waals surface area contributed by atoms with Crippen LogP contribution in [0.1, 0.15) is 24.8 Å². The van der Waals surface area contributed by atoms with E-state index < -0.39 is 5.97 Å². The van der Waals surface area contributed by atoms with Crippen LogP contribution in [0.4, 0.5) is 0 Å². The topological polar surface area (TPSA) is 79.2 Å². The summed E-state index contributed by atoms with van der Waals surface area (Å²) in [6.07, 6.45) is 2.98. The first kappa shape index (κ1) is 18.7. The summed E-state index contributed by atoms with van der Waals surface area (Å²) in [5.74, 6) is -0.423. The highest BCUT2D eigenvalue weighted by Crippen LogP contribution is 2.33. The second-order valence-electron chi connectivity index (χ2n) is 6.54. The van der Waals surface area contributed by atoms with Crippen molar-refractivity contribution in [2.45, 2.75) is 25.8 Å². The summed E-state index contributed by atoms with van der Waals surface area (Å²) < 4.78 is 10.3. The molecule has 1 aliphatic rings. The predicted octanol–water partition coefficient (Wildman–Crippen LogP) is 1.76. The van der Waals surface area contributed by atoms with Crippen molar-refractivity contribution in [2.24, 2.45) is 5.41 Å². The molecule has 6 nitrogen and oxygen atoms in total. The van der Waals surface area contributed by atoms with E-state index in [1.54, 1.807) is 19.2 Å². The van der Waals surface area contributed by atoms with E-state index in [1.165, 1.54) is 0 Å². The molecule has 1 heterocycles. The molecule has 2 rings (SSSR count). The summed E-state index contributed by atoms with van der Waals surface area (Å²) in [5.41, 5.74) is 1.08. The minimum atomic E-state index is -0.983. The zero-order valence-corrected chi connectivity index (χ0v) is 14.2.